The molecule has 0 unspecified atom stereocenters. The highest BCUT2D eigenvalue weighted by Gasteiger charge is 2.33. The van der Waals surface area contributed by atoms with Crippen LogP contribution in [0.2, 0.25) is 0 Å². The first-order valence-electron chi connectivity index (χ1n) is 5.52. The number of ether oxygens (including phenoxy) is 1. The van der Waals surface area contributed by atoms with Crippen LogP contribution in [0.5, 0.6) is 5.75 Å². The zero-order chi connectivity index (χ0) is 10.3. The number of hydrogen-bond acceptors (Lipinski definition) is 3. The molecule has 2 aliphatic rings. The summed E-state index contributed by atoms with van der Waals surface area (Å²) < 4.78 is 5.97. The molecule has 0 amide bonds. The first-order chi connectivity index (χ1) is 7.25. The molecule has 15 heavy (non-hydrogen) atoms. The molecule has 2 aliphatic heterocycles. The van der Waals surface area contributed by atoms with Crippen molar-refractivity contribution in [1.29, 1.82) is 0 Å². The molecule has 0 aromatic heterocycles. The third kappa shape index (κ3) is 1.57. The molecule has 1 fully saturated rings. The van der Waals surface area contributed by atoms with E-state index in [1.807, 2.05) is 0 Å². The molecule has 2 N–H and O–H groups in total. The first-order valence-corrected chi connectivity index (χ1v) is 5.52. The molecule has 0 saturated carbocycles. The molecule has 1 saturated heterocycles. The van der Waals surface area contributed by atoms with Crippen molar-refractivity contribution >= 4 is 5.69 Å². The van der Waals surface area contributed by atoms with Crippen molar-refractivity contribution in [3.63, 3.8) is 0 Å². The van der Waals surface area contributed by atoms with Gasteiger partial charge in [0.2, 0.25) is 0 Å². The summed E-state index contributed by atoms with van der Waals surface area (Å²) in [5.74, 6) is 1.00. The third-order valence-corrected chi connectivity index (χ3v) is 3.15. The van der Waals surface area contributed by atoms with Crippen molar-refractivity contribution in [3.8, 4) is 5.75 Å². The predicted octanol–water partition coefficient (Wildman–Crippen LogP) is 1.40. The standard InChI is InChI=1S/C12H16N2O/c1-12(7-13-8-12)15-10-2-3-11-9(6-10)4-5-14-11/h2-3,6,13-14H,4-5,7-8H2,1H3. The van der Waals surface area contributed by atoms with Gasteiger partial charge in [-0.3, -0.25) is 0 Å². The lowest BCUT2D eigenvalue weighted by Crippen LogP contribution is -2.61. The monoisotopic (exact) mass is 204 g/mol. The van der Waals surface area contributed by atoms with Gasteiger partial charge >= 0.3 is 0 Å². The topological polar surface area (TPSA) is 33.3 Å². The molecule has 0 atom stereocenters. The summed E-state index contributed by atoms with van der Waals surface area (Å²) in [6.07, 6.45) is 1.11. The normalized spacial score (nSPS) is 21.4. The zero-order valence-corrected chi connectivity index (χ0v) is 8.97. The van der Waals surface area contributed by atoms with Gasteiger partial charge < -0.3 is 15.4 Å². The fourth-order valence-electron chi connectivity index (χ4n) is 2.18. The summed E-state index contributed by atoms with van der Waals surface area (Å²) in [5.41, 5.74) is 2.64. The van der Waals surface area contributed by atoms with Crippen molar-refractivity contribution in [2.24, 2.45) is 0 Å². The van der Waals surface area contributed by atoms with Gasteiger partial charge in [-0.2, -0.15) is 0 Å². The maximum absolute atomic E-state index is 5.97. The van der Waals surface area contributed by atoms with Gasteiger partial charge in [-0.25, -0.2) is 0 Å². The van der Waals surface area contributed by atoms with Crippen LogP contribution in [0.15, 0.2) is 18.2 Å². The highest BCUT2D eigenvalue weighted by Crippen LogP contribution is 2.29. The Bertz CT molecular complexity index is 385. The fraction of sp³-hybridized carbons (Fsp3) is 0.500. The van der Waals surface area contributed by atoms with Gasteiger partial charge in [-0.1, -0.05) is 0 Å². The van der Waals surface area contributed by atoms with E-state index in [1.165, 1.54) is 11.3 Å². The average Bonchev–Trinajstić information content (AvgIpc) is 2.62. The molecule has 1 aromatic rings. The summed E-state index contributed by atoms with van der Waals surface area (Å²) in [6, 6.07) is 6.34. The van der Waals surface area contributed by atoms with E-state index in [-0.39, 0.29) is 5.60 Å². The minimum atomic E-state index is 0.000267. The second-order valence-corrected chi connectivity index (χ2v) is 4.65. The van der Waals surface area contributed by atoms with Crippen LogP contribution in [0.4, 0.5) is 5.69 Å². The van der Waals surface area contributed by atoms with E-state index in [0.717, 1.165) is 31.8 Å². The quantitative estimate of drug-likeness (QED) is 0.764. The number of benzene rings is 1. The smallest absolute Gasteiger partial charge is 0.131 e. The molecule has 1 aromatic carbocycles. The van der Waals surface area contributed by atoms with E-state index < -0.39 is 0 Å². The number of nitrogens with one attached hydrogen (secondary N) is 2. The molecule has 3 heteroatoms. The maximum Gasteiger partial charge on any atom is 0.131 e. The Hall–Kier alpha value is -1.22. The van der Waals surface area contributed by atoms with E-state index in [2.05, 4.69) is 35.8 Å². The minimum Gasteiger partial charge on any atom is -0.485 e. The van der Waals surface area contributed by atoms with E-state index in [9.17, 15) is 0 Å². The number of hydrogen-bond donors (Lipinski definition) is 2. The third-order valence-electron chi connectivity index (χ3n) is 3.15. The summed E-state index contributed by atoms with van der Waals surface area (Å²) >= 11 is 0. The highest BCUT2D eigenvalue weighted by atomic mass is 16.5. The van der Waals surface area contributed by atoms with Crippen LogP contribution in [-0.4, -0.2) is 25.2 Å². The lowest BCUT2D eigenvalue weighted by Gasteiger charge is -2.39. The lowest BCUT2D eigenvalue weighted by molar-refractivity contribution is 0.0348. The zero-order valence-electron chi connectivity index (χ0n) is 8.97. The molecule has 2 heterocycles. The Labute approximate surface area is 89.8 Å². The number of anilines is 1. The highest BCUT2D eigenvalue weighted by molar-refractivity contribution is 5.57. The number of fused-ring (bicyclic) bond motifs is 1. The Balaban J connectivity index is 1.81. The van der Waals surface area contributed by atoms with Gasteiger partial charge in [0.15, 0.2) is 0 Å². The van der Waals surface area contributed by atoms with Crippen LogP contribution in [0, 0.1) is 0 Å². The van der Waals surface area contributed by atoms with E-state index >= 15 is 0 Å². The van der Waals surface area contributed by atoms with Gasteiger partial charge in [0.05, 0.1) is 0 Å². The molecular weight excluding hydrogens is 188 g/mol. The van der Waals surface area contributed by atoms with E-state index in [0.29, 0.717) is 0 Å². The van der Waals surface area contributed by atoms with Gasteiger partial charge in [0.1, 0.15) is 11.4 Å². The molecule has 3 rings (SSSR count). The van der Waals surface area contributed by atoms with Crippen LogP contribution in [0.1, 0.15) is 12.5 Å². The van der Waals surface area contributed by atoms with Crippen molar-refractivity contribution in [2.45, 2.75) is 18.9 Å². The molecule has 0 radical (unpaired) electrons. The van der Waals surface area contributed by atoms with Gasteiger partial charge in [0, 0.05) is 25.3 Å². The van der Waals surface area contributed by atoms with E-state index in [4.69, 9.17) is 4.74 Å². The van der Waals surface area contributed by atoms with Crippen molar-refractivity contribution in [3.05, 3.63) is 23.8 Å². The Kier molecular flexibility index (Phi) is 1.89. The second kappa shape index (κ2) is 3.14. The Morgan fingerprint density at radius 1 is 1.33 bits per heavy atom. The molecule has 0 bridgehead atoms. The van der Waals surface area contributed by atoms with Crippen LogP contribution < -0.4 is 15.4 Å². The van der Waals surface area contributed by atoms with Crippen LogP contribution in [0.3, 0.4) is 0 Å². The van der Waals surface area contributed by atoms with E-state index in [1.54, 1.807) is 0 Å². The van der Waals surface area contributed by atoms with Crippen molar-refractivity contribution < 1.29 is 4.74 Å². The molecule has 0 spiro atoms. The molecule has 0 aliphatic carbocycles. The summed E-state index contributed by atoms with van der Waals surface area (Å²) in [5, 5.41) is 6.59. The Morgan fingerprint density at radius 3 is 2.93 bits per heavy atom. The molecular formula is C12H16N2O. The van der Waals surface area contributed by atoms with Crippen molar-refractivity contribution in [2.75, 3.05) is 25.0 Å². The van der Waals surface area contributed by atoms with Crippen LogP contribution in [0.25, 0.3) is 0 Å². The summed E-state index contributed by atoms with van der Waals surface area (Å²) in [7, 11) is 0. The van der Waals surface area contributed by atoms with Crippen molar-refractivity contribution in [1.82, 2.24) is 5.32 Å². The molecule has 3 nitrogen and oxygen atoms in total. The molecule has 80 valence electrons. The number of rotatable bonds is 2. The Morgan fingerprint density at radius 2 is 2.20 bits per heavy atom. The summed E-state index contributed by atoms with van der Waals surface area (Å²) in [4.78, 5) is 0. The average molecular weight is 204 g/mol. The van der Waals surface area contributed by atoms with Gasteiger partial charge in [-0.15, -0.1) is 0 Å². The maximum atomic E-state index is 5.97. The largest absolute Gasteiger partial charge is 0.485 e. The summed E-state index contributed by atoms with van der Waals surface area (Å²) in [6.45, 7) is 5.09. The fourth-order valence-corrected chi connectivity index (χ4v) is 2.18. The van der Waals surface area contributed by atoms with Gasteiger partial charge in [0.25, 0.3) is 0 Å². The first kappa shape index (κ1) is 9.04. The second-order valence-electron chi connectivity index (χ2n) is 4.65. The lowest BCUT2D eigenvalue weighted by atomic mass is 10.00. The minimum absolute atomic E-state index is 0.000267. The predicted molar refractivity (Wildman–Crippen MR) is 60.5 cm³/mol. The van der Waals surface area contributed by atoms with Gasteiger partial charge in [-0.05, 0) is 37.1 Å². The van der Waals surface area contributed by atoms with Crippen LogP contribution >= 0.6 is 0 Å². The van der Waals surface area contributed by atoms with Crippen LogP contribution in [-0.2, 0) is 6.42 Å². The SMILES string of the molecule is CC1(Oc2ccc3c(c2)CCN3)CNC1.